The van der Waals surface area contributed by atoms with E-state index in [9.17, 15) is 0 Å². The molecule has 3 rings (SSSR count). The third-order valence-electron chi connectivity index (χ3n) is 3.95. The van der Waals surface area contributed by atoms with Gasteiger partial charge in [0.05, 0.1) is 12.8 Å². The number of nitrogens with one attached hydrogen (secondary N) is 1. The fourth-order valence-electron chi connectivity index (χ4n) is 2.89. The molecule has 2 heterocycles. The molecular formula is C17H22N2O. The highest BCUT2D eigenvalue weighted by molar-refractivity contribution is 5.16. The van der Waals surface area contributed by atoms with Crippen LogP contribution in [-0.2, 0) is 13.0 Å². The summed E-state index contributed by atoms with van der Waals surface area (Å²) >= 11 is 0. The smallest absolute Gasteiger partial charge is 0.117 e. The molecule has 1 aromatic heterocycles. The van der Waals surface area contributed by atoms with E-state index in [0.29, 0.717) is 6.04 Å². The van der Waals surface area contributed by atoms with Crippen molar-refractivity contribution < 1.29 is 4.42 Å². The molecule has 1 atom stereocenters. The minimum atomic E-state index is 0.532. The molecule has 1 fully saturated rings. The van der Waals surface area contributed by atoms with Crippen LogP contribution in [-0.4, -0.2) is 30.6 Å². The van der Waals surface area contributed by atoms with Crippen LogP contribution in [0.5, 0.6) is 0 Å². The Bertz CT molecular complexity index is 495. The summed E-state index contributed by atoms with van der Waals surface area (Å²) in [6, 6.07) is 15.3. The van der Waals surface area contributed by atoms with Crippen LogP contribution in [0.3, 0.4) is 0 Å². The molecular weight excluding hydrogens is 248 g/mol. The molecule has 3 heteroatoms. The van der Waals surface area contributed by atoms with E-state index in [1.165, 1.54) is 12.0 Å². The number of nitrogens with zero attached hydrogens (tertiary/aromatic N) is 1. The maximum Gasteiger partial charge on any atom is 0.117 e. The van der Waals surface area contributed by atoms with Gasteiger partial charge in [-0.3, -0.25) is 4.90 Å². The van der Waals surface area contributed by atoms with Gasteiger partial charge in [-0.05, 0) is 37.1 Å². The highest BCUT2D eigenvalue weighted by Crippen LogP contribution is 2.15. The van der Waals surface area contributed by atoms with Gasteiger partial charge in [0.15, 0.2) is 0 Å². The second-order valence-electron chi connectivity index (χ2n) is 5.45. The van der Waals surface area contributed by atoms with Crippen molar-refractivity contribution in [3.05, 3.63) is 60.1 Å². The van der Waals surface area contributed by atoms with E-state index in [1.54, 1.807) is 6.26 Å². The Morgan fingerprint density at radius 2 is 2.05 bits per heavy atom. The molecule has 106 valence electrons. The van der Waals surface area contributed by atoms with Gasteiger partial charge >= 0.3 is 0 Å². The van der Waals surface area contributed by atoms with Crippen LogP contribution in [0.15, 0.2) is 53.1 Å². The first-order valence-corrected chi connectivity index (χ1v) is 7.43. The Hall–Kier alpha value is -1.58. The predicted molar refractivity (Wildman–Crippen MR) is 80.5 cm³/mol. The van der Waals surface area contributed by atoms with E-state index in [0.717, 1.165) is 38.4 Å². The highest BCUT2D eigenvalue weighted by Gasteiger charge is 2.21. The van der Waals surface area contributed by atoms with Crippen molar-refractivity contribution >= 4 is 0 Å². The molecule has 20 heavy (non-hydrogen) atoms. The monoisotopic (exact) mass is 270 g/mol. The lowest BCUT2D eigenvalue weighted by atomic mass is 10.0. The summed E-state index contributed by atoms with van der Waals surface area (Å²) in [7, 11) is 0. The van der Waals surface area contributed by atoms with Gasteiger partial charge in [-0.1, -0.05) is 30.3 Å². The van der Waals surface area contributed by atoms with Gasteiger partial charge in [-0.25, -0.2) is 0 Å². The fourth-order valence-corrected chi connectivity index (χ4v) is 2.89. The van der Waals surface area contributed by atoms with E-state index in [2.05, 4.69) is 46.6 Å². The van der Waals surface area contributed by atoms with Crippen LogP contribution < -0.4 is 5.32 Å². The zero-order valence-electron chi connectivity index (χ0n) is 11.8. The molecule has 0 spiro atoms. The molecule has 1 saturated heterocycles. The lowest BCUT2D eigenvalue weighted by Crippen LogP contribution is -2.40. The molecule has 1 aliphatic heterocycles. The summed E-state index contributed by atoms with van der Waals surface area (Å²) in [5.74, 6) is 1.06. The van der Waals surface area contributed by atoms with Crippen LogP contribution in [0.2, 0.25) is 0 Å². The summed E-state index contributed by atoms with van der Waals surface area (Å²) in [6.07, 6.45) is 4.05. The minimum absolute atomic E-state index is 0.532. The van der Waals surface area contributed by atoms with Gasteiger partial charge in [0.2, 0.25) is 0 Å². The second-order valence-corrected chi connectivity index (χ2v) is 5.45. The first kappa shape index (κ1) is 13.4. The van der Waals surface area contributed by atoms with Crippen LogP contribution in [0.25, 0.3) is 0 Å². The van der Waals surface area contributed by atoms with Crippen LogP contribution in [0.1, 0.15) is 17.7 Å². The second kappa shape index (κ2) is 6.73. The van der Waals surface area contributed by atoms with Crippen molar-refractivity contribution in [2.75, 3.05) is 19.6 Å². The van der Waals surface area contributed by atoms with Gasteiger partial charge in [-0.15, -0.1) is 0 Å². The zero-order valence-corrected chi connectivity index (χ0v) is 11.8. The Kier molecular flexibility index (Phi) is 4.51. The maximum absolute atomic E-state index is 5.51. The van der Waals surface area contributed by atoms with Gasteiger partial charge in [-0.2, -0.15) is 0 Å². The highest BCUT2D eigenvalue weighted by atomic mass is 16.3. The predicted octanol–water partition coefficient (Wildman–Crippen LogP) is 2.69. The topological polar surface area (TPSA) is 28.4 Å². The van der Waals surface area contributed by atoms with E-state index >= 15 is 0 Å². The van der Waals surface area contributed by atoms with Crippen molar-refractivity contribution in [3.63, 3.8) is 0 Å². The van der Waals surface area contributed by atoms with E-state index < -0.39 is 0 Å². The molecule has 2 aromatic rings. The first-order chi connectivity index (χ1) is 9.92. The molecule has 0 radical (unpaired) electrons. The Balaban J connectivity index is 1.70. The largest absolute Gasteiger partial charge is 0.468 e. The molecule has 0 aliphatic carbocycles. The zero-order chi connectivity index (χ0) is 13.6. The fraction of sp³-hybridized carbons (Fsp3) is 0.412. The number of hydrogen-bond donors (Lipinski definition) is 1. The maximum atomic E-state index is 5.51. The lowest BCUT2D eigenvalue weighted by molar-refractivity contribution is 0.184. The van der Waals surface area contributed by atoms with Crippen molar-refractivity contribution in [2.45, 2.75) is 25.4 Å². The first-order valence-electron chi connectivity index (χ1n) is 7.43. The van der Waals surface area contributed by atoms with Gasteiger partial charge in [0, 0.05) is 19.1 Å². The van der Waals surface area contributed by atoms with Crippen molar-refractivity contribution in [1.29, 1.82) is 0 Å². The summed E-state index contributed by atoms with van der Waals surface area (Å²) in [5, 5.41) is 3.55. The molecule has 1 unspecified atom stereocenters. The third-order valence-corrected chi connectivity index (χ3v) is 3.95. The molecule has 3 nitrogen and oxygen atoms in total. The molecule has 0 amide bonds. The average molecular weight is 270 g/mol. The number of furan rings is 1. The van der Waals surface area contributed by atoms with E-state index in [4.69, 9.17) is 4.42 Å². The third kappa shape index (κ3) is 3.50. The van der Waals surface area contributed by atoms with E-state index in [1.807, 2.05) is 6.07 Å². The van der Waals surface area contributed by atoms with Crippen LogP contribution >= 0.6 is 0 Å². The molecule has 1 aliphatic rings. The number of hydrogen-bond acceptors (Lipinski definition) is 3. The lowest BCUT2D eigenvalue weighted by Gasteiger charge is -2.29. The number of rotatable bonds is 4. The average Bonchev–Trinajstić information content (AvgIpc) is 2.89. The Labute approximate surface area is 120 Å². The van der Waals surface area contributed by atoms with Crippen molar-refractivity contribution in [1.82, 2.24) is 10.2 Å². The standard InChI is InChI=1S/C17H22N2O/c1-2-6-15(7-3-1)12-16-13-18-9-5-10-19(16)14-17-8-4-11-20-17/h1-4,6-8,11,16,18H,5,9-10,12-14H2. The molecule has 0 saturated carbocycles. The van der Waals surface area contributed by atoms with E-state index in [-0.39, 0.29) is 0 Å². The summed E-state index contributed by atoms with van der Waals surface area (Å²) in [5.41, 5.74) is 1.41. The Morgan fingerprint density at radius 3 is 2.85 bits per heavy atom. The van der Waals surface area contributed by atoms with Gasteiger partial charge < -0.3 is 9.73 Å². The summed E-state index contributed by atoms with van der Waals surface area (Å²) in [6.45, 7) is 4.20. The molecule has 1 N–H and O–H groups in total. The number of benzene rings is 1. The molecule has 1 aromatic carbocycles. The SMILES string of the molecule is c1ccc(CC2CNCCCN2Cc2ccco2)cc1. The van der Waals surface area contributed by atoms with Gasteiger partial charge in [0.1, 0.15) is 5.76 Å². The molecule has 0 bridgehead atoms. The summed E-state index contributed by atoms with van der Waals surface area (Å²) < 4.78 is 5.51. The van der Waals surface area contributed by atoms with Crippen molar-refractivity contribution in [2.24, 2.45) is 0 Å². The summed E-state index contributed by atoms with van der Waals surface area (Å²) in [4.78, 5) is 2.55. The Morgan fingerprint density at radius 1 is 1.15 bits per heavy atom. The van der Waals surface area contributed by atoms with Gasteiger partial charge in [0.25, 0.3) is 0 Å². The normalized spacial score (nSPS) is 20.7. The quantitative estimate of drug-likeness (QED) is 0.926. The van der Waals surface area contributed by atoms with Crippen LogP contribution in [0.4, 0.5) is 0 Å². The minimum Gasteiger partial charge on any atom is -0.468 e. The van der Waals surface area contributed by atoms with Crippen LogP contribution in [0, 0.1) is 0 Å². The van der Waals surface area contributed by atoms with Crippen molar-refractivity contribution in [3.8, 4) is 0 Å².